The van der Waals surface area contributed by atoms with Crippen molar-refractivity contribution in [1.29, 1.82) is 0 Å². The van der Waals surface area contributed by atoms with E-state index in [0.717, 1.165) is 11.1 Å². The molecule has 1 aliphatic heterocycles. The van der Waals surface area contributed by atoms with Crippen LogP contribution in [0.3, 0.4) is 0 Å². The Morgan fingerprint density at radius 3 is 2.25 bits per heavy atom. The Labute approximate surface area is 250 Å². The molecule has 0 atom stereocenters. The number of thiocarbonyl (C=S) groups is 1. The quantitative estimate of drug-likeness (QED) is 0.233. The standard InChI is InChI=1S/C25H32Cl2FN4O5S2Si/c1-25(2,3)40(4,5)37-21-20(30-24(38)29-19-8-6-16(28)14-18(19)27)9-7-17(26)22(21)39(35,36)31-23(33)15-10-12-32(34)13-11-15/h6-9,14-15H,10-13H2,1-5H3,(H,31,33)(H2,29,30,38)/q-1. The largest absolute Gasteiger partial charge is 0.785 e. The maximum Gasteiger partial charge on any atom is 0.269 e. The molecule has 0 unspecified atom stereocenters. The number of rotatable bonds is 7. The van der Waals surface area contributed by atoms with Gasteiger partial charge in [0.1, 0.15) is 16.5 Å². The summed E-state index contributed by atoms with van der Waals surface area (Å²) in [6.07, 6.45) is 0.471. The number of nitrogens with zero attached hydrogens (tertiary/aromatic N) is 1. The molecule has 220 valence electrons. The van der Waals surface area contributed by atoms with Crippen molar-refractivity contribution in [1.82, 2.24) is 9.79 Å². The number of hydrogen-bond donors (Lipinski definition) is 3. The lowest BCUT2D eigenvalue weighted by Crippen LogP contribution is -2.45. The Bertz CT molecular complexity index is 1400. The first-order chi connectivity index (χ1) is 18.4. The normalized spacial score (nSPS) is 15.4. The Morgan fingerprint density at radius 1 is 1.10 bits per heavy atom. The van der Waals surface area contributed by atoms with E-state index in [1.54, 1.807) is 0 Å². The molecule has 3 rings (SSSR count). The Hall–Kier alpha value is -2.00. The van der Waals surface area contributed by atoms with Crippen LogP contribution in [0.5, 0.6) is 5.75 Å². The summed E-state index contributed by atoms with van der Waals surface area (Å²) >= 11 is 18.0. The van der Waals surface area contributed by atoms with Gasteiger partial charge in [0.2, 0.25) is 5.91 Å². The van der Waals surface area contributed by atoms with E-state index in [-0.39, 0.29) is 57.6 Å². The second kappa shape index (κ2) is 12.5. The summed E-state index contributed by atoms with van der Waals surface area (Å²) in [6.45, 7) is 10.1. The summed E-state index contributed by atoms with van der Waals surface area (Å²) in [5.41, 5.74) is 0.503. The number of nitrogens with one attached hydrogen (secondary N) is 3. The zero-order chi connectivity index (χ0) is 30.0. The van der Waals surface area contributed by atoms with Crippen molar-refractivity contribution < 1.29 is 22.0 Å². The number of carbonyl (C=O) groups is 1. The molecular formula is C25H32Cl2FN4O5S2Si-. The molecule has 1 fully saturated rings. The van der Waals surface area contributed by atoms with E-state index in [0.29, 0.717) is 5.69 Å². The lowest BCUT2D eigenvalue weighted by molar-refractivity contribution is -0.124. The van der Waals surface area contributed by atoms with Crippen LogP contribution < -0.4 is 19.8 Å². The maximum atomic E-state index is 13.7. The van der Waals surface area contributed by atoms with Gasteiger partial charge in [0.25, 0.3) is 18.3 Å². The van der Waals surface area contributed by atoms with Gasteiger partial charge in [-0.3, -0.25) is 4.79 Å². The van der Waals surface area contributed by atoms with Crippen molar-refractivity contribution in [3.63, 3.8) is 0 Å². The van der Waals surface area contributed by atoms with Gasteiger partial charge in [-0.15, -0.1) is 0 Å². The molecule has 40 heavy (non-hydrogen) atoms. The molecule has 0 radical (unpaired) electrons. The third kappa shape index (κ3) is 7.84. The second-order valence-electron chi connectivity index (χ2n) is 11.0. The topological polar surface area (TPSA) is 123 Å². The average molecular weight is 651 g/mol. The number of sulfonamides is 1. The van der Waals surface area contributed by atoms with Crippen molar-refractivity contribution >= 4 is 76.2 Å². The minimum Gasteiger partial charge on any atom is -0.785 e. The summed E-state index contributed by atoms with van der Waals surface area (Å²) in [5, 5.41) is 17.7. The fourth-order valence-electron chi connectivity index (χ4n) is 3.65. The third-order valence-electron chi connectivity index (χ3n) is 6.98. The fourth-order valence-corrected chi connectivity index (χ4v) is 6.89. The molecular weight excluding hydrogens is 618 g/mol. The second-order valence-corrected chi connectivity index (χ2v) is 18.6. The van der Waals surface area contributed by atoms with E-state index in [9.17, 15) is 22.8 Å². The molecule has 0 saturated carbocycles. The minimum absolute atomic E-state index is 0.0210. The van der Waals surface area contributed by atoms with Gasteiger partial charge < -0.3 is 25.3 Å². The fraction of sp³-hybridized carbons (Fsp3) is 0.440. The van der Waals surface area contributed by atoms with Crippen LogP contribution in [0.2, 0.25) is 28.2 Å². The summed E-state index contributed by atoms with van der Waals surface area (Å²) in [5.74, 6) is -1.97. The lowest BCUT2D eigenvalue weighted by Gasteiger charge is -2.38. The van der Waals surface area contributed by atoms with Crippen LogP contribution >= 0.6 is 35.4 Å². The molecule has 0 aliphatic carbocycles. The van der Waals surface area contributed by atoms with Crippen LogP contribution in [0.1, 0.15) is 33.6 Å². The number of amides is 1. The van der Waals surface area contributed by atoms with Gasteiger partial charge in [-0.25, -0.2) is 17.5 Å². The molecule has 2 aromatic rings. The monoisotopic (exact) mass is 649 g/mol. The van der Waals surface area contributed by atoms with Crippen molar-refractivity contribution in [2.24, 2.45) is 5.92 Å². The van der Waals surface area contributed by atoms with E-state index >= 15 is 0 Å². The van der Waals surface area contributed by atoms with Gasteiger partial charge in [0.15, 0.2) is 5.11 Å². The van der Waals surface area contributed by atoms with Gasteiger partial charge in [-0.05, 0) is 86.6 Å². The predicted molar refractivity (Wildman–Crippen MR) is 164 cm³/mol. The molecule has 0 aromatic heterocycles. The number of benzene rings is 2. The summed E-state index contributed by atoms with van der Waals surface area (Å²) in [7, 11) is -7.20. The summed E-state index contributed by atoms with van der Waals surface area (Å²) in [6, 6.07) is 6.60. The van der Waals surface area contributed by atoms with Crippen molar-refractivity contribution in [3.05, 3.63) is 51.4 Å². The number of hydrogen-bond acceptors (Lipinski definition) is 7. The van der Waals surface area contributed by atoms with Crippen LogP contribution in [0.4, 0.5) is 15.8 Å². The summed E-state index contributed by atoms with van der Waals surface area (Å²) < 4.78 is 49.4. The van der Waals surface area contributed by atoms with Gasteiger partial charge >= 0.3 is 0 Å². The van der Waals surface area contributed by atoms with Crippen LogP contribution in [-0.2, 0) is 14.8 Å². The molecule has 1 aliphatic rings. The maximum absolute atomic E-state index is 13.7. The number of halogens is 3. The zero-order valence-electron chi connectivity index (χ0n) is 22.7. The van der Waals surface area contributed by atoms with E-state index in [4.69, 9.17) is 39.8 Å². The molecule has 1 heterocycles. The lowest BCUT2D eigenvalue weighted by atomic mass is 9.97. The SMILES string of the molecule is CC(C)(C)[Si](C)(C)Oc1c(NC(=S)Nc2ccc(F)cc2Cl)ccc(Cl)c1S(=O)(=O)NC(=O)C1CCN([O-])CC1. The molecule has 1 saturated heterocycles. The molecule has 3 N–H and O–H groups in total. The summed E-state index contributed by atoms with van der Waals surface area (Å²) in [4.78, 5) is 12.5. The highest BCUT2D eigenvalue weighted by atomic mass is 35.5. The Kier molecular flexibility index (Phi) is 10.1. The highest BCUT2D eigenvalue weighted by Crippen LogP contribution is 2.44. The van der Waals surface area contributed by atoms with E-state index < -0.39 is 40.9 Å². The third-order valence-corrected chi connectivity index (χ3v) is 13.7. The van der Waals surface area contributed by atoms with E-state index in [1.807, 2.05) is 33.9 Å². The minimum atomic E-state index is -4.52. The number of hydroxylamine groups is 2. The first-order valence-electron chi connectivity index (χ1n) is 12.4. The van der Waals surface area contributed by atoms with Crippen LogP contribution in [0, 0.1) is 16.9 Å². The van der Waals surface area contributed by atoms with Gasteiger partial charge in [0, 0.05) is 5.92 Å². The van der Waals surface area contributed by atoms with E-state index in [1.165, 1.54) is 24.3 Å². The van der Waals surface area contributed by atoms with Gasteiger partial charge in [-0.1, -0.05) is 44.0 Å². The first kappa shape index (κ1) is 32.5. The molecule has 1 amide bonds. The molecule has 0 bridgehead atoms. The highest BCUT2D eigenvalue weighted by molar-refractivity contribution is 7.90. The van der Waals surface area contributed by atoms with Gasteiger partial charge in [-0.2, -0.15) is 0 Å². The van der Waals surface area contributed by atoms with Crippen molar-refractivity contribution in [2.45, 2.75) is 56.6 Å². The smallest absolute Gasteiger partial charge is 0.269 e. The number of carbonyl (C=O) groups excluding carboxylic acids is 1. The Balaban J connectivity index is 2.02. The average Bonchev–Trinajstić information content (AvgIpc) is 2.81. The van der Waals surface area contributed by atoms with E-state index in [2.05, 4.69) is 15.4 Å². The molecule has 15 heteroatoms. The predicted octanol–water partition coefficient (Wildman–Crippen LogP) is 6.34. The van der Waals surface area contributed by atoms with Crippen LogP contribution in [-0.4, -0.2) is 45.9 Å². The molecule has 9 nitrogen and oxygen atoms in total. The van der Waals surface area contributed by atoms with Gasteiger partial charge in [0.05, 0.1) is 21.4 Å². The van der Waals surface area contributed by atoms with Crippen LogP contribution in [0.15, 0.2) is 35.2 Å². The highest BCUT2D eigenvalue weighted by Gasteiger charge is 2.42. The molecule has 2 aromatic carbocycles. The van der Waals surface area contributed by atoms with Crippen LogP contribution in [0.25, 0.3) is 0 Å². The zero-order valence-corrected chi connectivity index (χ0v) is 26.9. The number of piperidine rings is 1. The number of anilines is 2. The van der Waals surface area contributed by atoms with Crippen molar-refractivity contribution in [3.8, 4) is 5.75 Å². The Morgan fingerprint density at radius 2 is 1.68 bits per heavy atom. The molecule has 0 spiro atoms. The van der Waals surface area contributed by atoms with Crippen molar-refractivity contribution in [2.75, 3.05) is 23.7 Å². The first-order valence-corrected chi connectivity index (χ1v) is 18.0.